The van der Waals surface area contributed by atoms with E-state index in [4.69, 9.17) is 5.84 Å². The van der Waals surface area contributed by atoms with E-state index in [1.807, 2.05) is 30.3 Å². The molecule has 0 fully saturated rings. The van der Waals surface area contributed by atoms with Crippen LogP contribution in [0.5, 0.6) is 0 Å². The maximum Gasteiger partial charge on any atom is 0.265 e. The van der Waals surface area contributed by atoms with E-state index in [1.165, 1.54) is 5.39 Å². The van der Waals surface area contributed by atoms with Gasteiger partial charge in [-0.2, -0.15) is 0 Å². The molecule has 0 unspecified atom stereocenters. The molecule has 4 nitrogen and oxygen atoms in total. The van der Waals surface area contributed by atoms with Crippen LogP contribution in [0.4, 0.5) is 0 Å². The molecule has 0 bridgehead atoms. The van der Waals surface area contributed by atoms with Crippen molar-refractivity contribution in [2.45, 2.75) is 10.8 Å². The second kappa shape index (κ2) is 6.03. The minimum Gasteiger partial charge on any atom is -0.350 e. The molecule has 0 atom stereocenters. The number of nitrogens with one attached hydrogen (secondary N) is 2. The van der Waals surface area contributed by atoms with Crippen LogP contribution in [-0.2, 0) is 5.75 Å². The molecule has 0 saturated heterocycles. The Kier molecular flexibility index (Phi) is 3.94. The Morgan fingerprint density at radius 3 is 2.81 bits per heavy atom. The third-order valence-corrected chi connectivity index (χ3v) is 4.23. The second-order valence-electron chi connectivity index (χ2n) is 4.68. The Bertz CT molecular complexity index is 749. The third kappa shape index (κ3) is 3.09. The van der Waals surface area contributed by atoms with Crippen LogP contribution in [0.15, 0.2) is 59.6 Å². The lowest BCUT2D eigenvalue weighted by Crippen LogP contribution is -2.29. The lowest BCUT2D eigenvalue weighted by atomic mass is 10.1. The number of rotatable bonds is 4. The van der Waals surface area contributed by atoms with E-state index in [9.17, 15) is 4.79 Å². The van der Waals surface area contributed by atoms with Crippen molar-refractivity contribution in [1.82, 2.24) is 10.4 Å². The number of benzene rings is 2. The zero-order valence-corrected chi connectivity index (χ0v) is 12.1. The lowest BCUT2D eigenvalue weighted by Gasteiger charge is -2.03. The molecule has 2 aromatic carbocycles. The van der Waals surface area contributed by atoms with Crippen molar-refractivity contribution < 1.29 is 4.79 Å². The van der Waals surface area contributed by atoms with Gasteiger partial charge in [0.15, 0.2) is 0 Å². The quantitative estimate of drug-likeness (QED) is 0.300. The Morgan fingerprint density at radius 1 is 1.14 bits per heavy atom. The highest BCUT2D eigenvalue weighted by molar-refractivity contribution is 7.98. The zero-order chi connectivity index (χ0) is 14.7. The highest BCUT2D eigenvalue weighted by Crippen LogP contribution is 2.26. The molecule has 0 radical (unpaired) electrons. The van der Waals surface area contributed by atoms with Crippen molar-refractivity contribution in [2.24, 2.45) is 5.84 Å². The van der Waals surface area contributed by atoms with E-state index < -0.39 is 0 Å². The highest BCUT2D eigenvalue weighted by Gasteiger charge is 2.05. The van der Waals surface area contributed by atoms with Crippen LogP contribution in [0, 0.1) is 0 Å². The molecular formula is C16H15N3OS. The fourth-order valence-corrected chi connectivity index (χ4v) is 3.07. The smallest absolute Gasteiger partial charge is 0.265 e. The van der Waals surface area contributed by atoms with Crippen molar-refractivity contribution in [3.05, 3.63) is 65.7 Å². The minimum atomic E-state index is -0.271. The molecule has 0 saturated carbocycles. The molecule has 1 heterocycles. The normalized spacial score (nSPS) is 10.7. The van der Waals surface area contributed by atoms with Gasteiger partial charge in [-0.15, -0.1) is 11.8 Å². The maximum atomic E-state index is 11.5. The molecular weight excluding hydrogens is 282 g/mol. The summed E-state index contributed by atoms with van der Waals surface area (Å²) in [5.41, 5.74) is 4.94. The van der Waals surface area contributed by atoms with Gasteiger partial charge in [-0.3, -0.25) is 10.2 Å². The van der Waals surface area contributed by atoms with Crippen molar-refractivity contribution >= 4 is 28.6 Å². The molecule has 0 aliphatic rings. The molecule has 1 aromatic heterocycles. The van der Waals surface area contributed by atoms with Crippen molar-refractivity contribution in [2.75, 3.05) is 0 Å². The molecule has 0 aliphatic carbocycles. The van der Waals surface area contributed by atoms with E-state index in [0.717, 1.165) is 21.9 Å². The second-order valence-corrected chi connectivity index (χ2v) is 5.70. The molecule has 21 heavy (non-hydrogen) atoms. The Hall–Kier alpha value is -2.24. The first-order valence-electron chi connectivity index (χ1n) is 6.57. The Morgan fingerprint density at radius 2 is 2.00 bits per heavy atom. The number of hydrazine groups is 1. The first kappa shape index (κ1) is 13.7. The highest BCUT2D eigenvalue weighted by atomic mass is 32.2. The predicted octanol–water partition coefficient (Wildman–Crippen LogP) is 3.06. The van der Waals surface area contributed by atoms with Gasteiger partial charge in [0.2, 0.25) is 0 Å². The molecule has 106 valence electrons. The number of thioether (sulfide) groups is 1. The first-order chi connectivity index (χ1) is 10.3. The number of nitrogens with two attached hydrogens (primary N) is 1. The molecule has 3 aromatic rings. The number of amides is 1. The van der Waals surface area contributed by atoms with Crippen LogP contribution in [0.3, 0.4) is 0 Å². The Balaban J connectivity index is 1.73. The fraction of sp³-hybridized carbons (Fsp3) is 0.0625. The zero-order valence-electron chi connectivity index (χ0n) is 11.3. The SMILES string of the molecule is NNC(=O)c1cccc(CSc2cc3ccccc3[nH]2)c1. The predicted molar refractivity (Wildman–Crippen MR) is 86.0 cm³/mol. The summed E-state index contributed by atoms with van der Waals surface area (Å²) in [4.78, 5) is 14.9. The van der Waals surface area contributed by atoms with Gasteiger partial charge in [0.05, 0.1) is 5.03 Å². The molecule has 3 rings (SSSR count). The first-order valence-corrected chi connectivity index (χ1v) is 7.55. The van der Waals surface area contributed by atoms with E-state index in [2.05, 4.69) is 28.6 Å². The van der Waals surface area contributed by atoms with Crippen molar-refractivity contribution in [3.8, 4) is 0 Å². The van der Waals surface area contributed by atoms with Gasteiger partial charge in [-0.1, -0.05) is 30.3 Å². The van der Waals surface area contributed by atoms with E-state index in [0.29, 0.717) is 5.56 Å². The van der Waals surface area contributed by atoms with Crippen LogP contribution in [0.1, 0.15) is 15.9 Å². The van der Waals surface area contributed by atoms with Crippen LogP contribution in [0.2, 0.25) is 0 Å². The van der Waals surface area contributed by atoms with Crippen LogP contribution >= 0.6 is 11.8 Å². The van der Waals surface area contributed by atoms with Gasteiger partial charge >= 0.3 is 0 Å². The number of fused-ring (bicyclic) bond motifs is 1. The van der Waals surface area contributed by atoms with Crippen molar-refractivity contribution in [1.29, 1.82) is 0 Å². The topological polar surface area (TPSA) is 70.9 Å². The van der Waals surface area contributed by atoms with Gasteiger partial charge in [0, 0.05) is 22.2 Å². The van der Waals surface area contributed by atoms with E-state index in [1.54, 1.807) is 17.8 Å². The van der Waals surface area contributed by atoms with Gasteiger partial charge in [-0.05, 0) is 29.8 Å². The standard InChI is InChI=1S/C16H15N3OS/c17-19-16(20)13-6-3-4-11(8-13)10-21-15-9-12-5-1-2-7-14(12)18-15/h1-9,18H,10,17H2,(H,19,20). The largest absolute Gasteiger partial charge is 0.350 e. The monoisotopic (exact) mass is 297 g/mol. The van der Waals surface area contributed by atoms with Gasteiger partial charge in [0.25, 0.3) is 5.91 Å². The maximum absolute atomic E-state index is 11.5. The van der Waals surface area contributed by atoms with Crippen LogP contribution < -0.4 is 11.3 Å². The number of H-pyrrole nitrogens is 1. The number of carbonyl (C=O) groups excluding carboxylic acids is 1. The van der Waals surface area contributed by atoms with Gasteiger partial charge in [0.1, 0.15) is 0 Å². The Labute approximate surface area is 126 Å². The number of aromatic amines is 1. The van der Waals surface area contributed by atoms with Crippen molar-refractivity contribution in [3.63, 3.8) is 0 Å². The third-order valence-electron chi connectivity index (χ3n) is 3.22. The van der Waals surface area contributed by atoms with Crippen LogP contribution in [0.25, 0.3) is 10.9 Å². The van der Waals surface area contributed by atoms with Gasteiger partial charge in [-0.25, -0.2) is 5.84 Å². The number of hydrogen-bond donors (Lipinski definition) is 3. The van der Waals surface area contributed by atoms with Gasteiger partial charge < -0.3 is 4.98 Å². The summed E-state index contributed by atoms with van der Waals surface area (Å²) < 4.78 is 0. The van der Waals surface area contributed by atoms with E-state index in [-0.39, 0.29) is 5.91 Å². The number of hydrogen-bond acceptors (Lipinski definition) is 3. The molecule has 5 heteroatoms. The summed E-state index contributed by atoms with van der Waals surface area (Å²) >= 11 is 1.71. The molecule has 0 spiro atoms. The minimum absolute atomic E-state index is 0.271. The molecule has 0 aliphatic heterocycles. The molecule has 4 N–H and O–H groups in total. The number of nitrogen functional groups attached to an aromatic ring is 1. The summed E-state index contributed by atoms with van der Waals surface area (Å²) in [5.74, 6) is 5.67. The van der Waals surface area contributed by atoms with Crippen LogP contribution in [-0.4, -0.2) is 10.9 Å². The number of para-hydroxylation sites is 1. The number of aromatic nitrogens is 1. The lowest BCUT2D eigenvalue weighted by molar-refractivity contribution is 0.0953. The number of carbonyl (C=O) groups is 1. The summed E-state index contributed by atoms with van der Waals surface area (Å²) in [6.07, 6.45) is 0. The average Bonchev–Trinajstić information content (AvgIpc) is 2.95. The fourth-order valence-electron chi connectivity index (χ4n) is 2.17. The van der Waals surface area contributed by atoms with E-state index >= 15 is 0 Å². The summed E-state index contributed by atoms with van der Waals surface area (Å²) in [7, 11) is 0. The average molecular weight is 297 g/mol. The molecule has 1 amide bonds. The summed E-state index contributed by atoms with van der Waals surface area (Å²) in [6, 6.07) is 17.8. The summed E-state index contributed by atoms with van der Waals surface area (Å²) in [5, 5.41) is 2.32. The summed E-state index contributed by atoms with van der Waals surface area (Å²) in [6.45, 7) is 0.